The van der Waals surface area contributed by atoms with Crippen LogP contribution in [0.4, 0.5) is 0 Å². The second-order valence-corrected chi connectivity index (χ2v) is 7.42. The van der Waals surface area contributed by atoms with Crippen LogP contribution in [0.5, 0.6) is 0 Å². The lowest BCUT2D eigenvalue weighted by molar-refractivity contribution is -0.160. The third kappa shape index (κ3) is 2.66. The maximum atomic E-state index is 12.4. The number of rotatable bonds is 4. The van der Waals surface area contributed by atoms with E-state index in [9.17, 15) is 19.5 Å². The average molecular weight is 372 g/mol. The smallest absolute Gasteiger partial charge is 0.330 e. The second kappa shape index (κ2) is 6.21. The van der Waals surface area contributed by atoms with E-state index in [1.54, 1.807) is 6.07 Å². The van der Waals surface area contributed by atoms with E-state index in [0.29, 0.717) is 22.7 Å². The Bertz CT molecular complexity index is 904. The van der Waals surface area contributed by atoms with E-state index >= 15 is 0 Å². The quantitative estimate of drug-likeness (QED) is 0.621. The van der Waals surface area contributed by atoms with E-state index in [0.717, 1.165) is 5.39 Å². The molecule has 8 heteroatoms. The molecule has 2 fully saturated rings. The van der Waals surface area contributed by atoms with E-state index in [2.05, 4.69) is 11.9 Å². The summed E-state index contributed by atoms with van der Waals surface area (Å²) in [6.07, 6.45) is 0.0188. The van der Waals surface area contributed by atoms with Crippen LogP contribution in [0.2, 0.25) is 0 Å². The molecular weight excluding hydrogens is 356 g/mol. The van der Waals surface area contributed by atoms with Gasteiger partial charge in [0, 0.05) is 11.1 Å². The van der Waals surface area contributed by atoms with E-state index in [1.165, 1.54) is 16.7 Å². The highest BCUT2D eigenvalue weighted by Gasteiger charge is 2.56. The Morgan fingerprint density at radius 3 is 2.88 bits per heavy atom. The number of hydrogen-bond acceptors (Lipinski definition) is 5. The van der Waals surface area contributed by atoms with Gasteiger partial charge in [-0.05, 0) is 17.7 Å². The van der Waals surface area contributed by atoms with Crippen molar-refractivity contribution in [2.45, 2.75) is 23.9 Å². The summed E-state index contributed by atoms with van der Waals surface area (Å²) in [7, 11) is 0. The number of para-hydroxylation sites is 1. The molecule has 7 nitrogen and oxygen atoms in total. The Labute approximate surface area is 153 Å². The molecule has 0 saturated carbocycles. The predicted octanol–water partition coefficient (Wildman–Crippen LogP) is 1.38. The maximum absolute atomic E-state index is 12.4. The number of aliphatic carboxylic acids is 1. The number of nitrogens with zero attached hydrogens (tertiary/aromatic N) is 1. The van der Waals surface area contributed by atoms with Crippen LogP contribution in [0, 0.1) is 0 Å². The summed E-state index contributed by atoms with van der Waals surface area (Å²) < 4.78 is 5.62. The van der Waals surface area contributed by atoms with E-state index in [4.69, 9.17) is 4.42 Å². The zero-order valence-electron chi connectivity index (χ0n) is 13.7. The molecule has 2 unspecified atom stereocenters. The van der Waals surface area contributed by atoms with Crippen LogP contribution in [0.3, 0.4) is 0 Å². The molecule has 4 rings (SSSR count). The predicted molar refractivity (Wildman–Crippen MR) is 95.5 cm³/mol. The number of thioether (sulfide) groups is 1. The molecule has 134 valence electrons. The standard InChI is InChI=1S/C18H16N2O5S/c1-9-8-26-17-14(16(22)20(17)15(9)18(23)24)19-13(21)7-11-6-10-4-2-3-5-12(10)25-11/h2-6,14-15,17H,1,7-8H2,(H,19,21)(H,23,24)/t14?,15?,17-/m0/s1. The van der Waals surface area contributed by atoms with E-state index < -0.39 is 24.0 Å². The molecule has 1 aromatic carbocycles. The van der Waals surface area contributed by atoms with Crippen LogP contribution in [0.25, 0.3) is 11.0 Å². The molecule has 2 saturated heterocycles. The first kappa shape index (κ1) is 16.7. The van der Waals surface area contributed by atoms with Gasteiger partial charge < -0.3 is 19.7 Å². The minimum absolute atomic E-state index is 0.0188. The molecule has 2 N–H and O–H groups in total. The molecule has 0 bridgehead atoms. The first-order valence-electron chi connectivity index (χ1n) is 8.07. The Kier molecular flexibility index (Phi) is 3.99. The van der Waals surface area contributed by atoms with Gasteiger partial charge in [0.25, 0.3) is 0 Å². The third-order valence-electron chi connectivity index (χ3n) is 4.55. The number of hydrogen-bond donors (Lipinski definition) is 2. The summed E-state index contributed by atoms with van der Waals surface area (Å²) in [5, 5.41) is 12.5. The van der Waals surface area contributed by atoms with Crippen molar-refractivity contribution >= 4 is 40.5 Å². The highest BCUT2D eigenvalue weighted by Crippen LogP contribution is 2.39. The number of furan rings is 1. The molecule has 1 aromatic heterocycles. The summed E-state index contributed by atoms with van der Waals surface area (Å²) >= 11 is 1.41. The number of carboxylic acids is 1. The largest absolute Gasteiger partial charge is 0.479 e. The van der Waals surface area contributed by atoms with Gasteiger partial charge in [0.2, 0.25) is 11.8 Å². The number of β-lactam (4-membered cyclic amide) rings is 1. The van der Waals surface area contributed by atoms with E-state index in [1.807, 2.05) is 24.3 Å². The van der Waals surface area contributed by atoms with Crippen LogP contribution < -0.4 is 5.32 Å². The number of carbonyl (C=O) groups is 3. The highest BCUT2D eigenvalue weighted by atomic mass is 32.2. The Morgan fingerprint density at radius 2 is 2.15 bits per heavy atom. The first-order valence-corrected chi connectivity index (χ1v) is 9.11. The summed E-state index contributed by atoms with van der Waals surface area (Å²) in [6, 6.07) is 7.51. The fourth-order valence-electron chi connectivity index (χ4n) is 3.34. The zero-order chi connectivity index (χ0) is 18.4. The minimum atomic E-state index is -1.10. The van der Waals surface area contributed by atoms with Gasteiger partial charge in [-0.15, -0.1) is 11.8 Å². The summed E-state index contributed by atoms with van der Waals surface area (Å²) in [5.41, 5.74) is 1.19. The lowest BCUT2D eigenvalue weighted by Gasteiger charge is -2.52. The highest BCUT2D eigenvalue weighted by molar-refractivity contribution is 8.00. The molecular formula is C18H16N2O5S. The molecule has 3 heterocycles. The SMILES string of the molecule is C=C1CS[C@H]2C(NC(=O)Cc3cc4ccccc4o3)C(=O)N2C1C(=O)O. The van der Waals surface area contributed by atoms with Crippen molar-refractivity contribution in [3.05, 3.63) is 48.2 Å². The molecule has 2 amide bonds. The second-order valence-electron chi connectivity index (χ2n) is 6.32. The van der Waals surface area contributed by atoms with Gasteiger partial charge in [0.15, 0.2) is 6.04 Å². The van der Waals surface area contributed by atoms with Crippen molar-refractivity contribution < 1.29 is 23.9 Å². The average Bonchev–Trinajstić information content (AvgIpc) is 3.01. The molecule has 0 aliphatic carbocycles. The number of benzene rings is 1. The fraction of sp³-hybridized carbons (Fsp3) is 0.278. The zero-order valence-corrected chi connectivity index (χ0v) is 14.5. The summed E-state index contributed by atoms with van der Waals surface area (Å²) in [5.74, 6) is -0.866. The topological polar surface area (TPSA) is 99.9 Å². The lowest BCUT2D eigenvalue weighted by Crippen LogP contribution is -2.74. The number of carbonyl (C=O) groups excluding carboxylic acids is 2. The first-order chi connectivity index (χ1) is 12.5. The van der Waals surface area contributed by atoms with Crippen LogP contribution in [0.15, 0.2) is 46.9 Å². The number of fused-ring (bicyclic) bond motifs is 2. The molecule has 0 spiro atoms. The van der Waals surface area contributed by atoms with Crippen molar-refractivity contribution in [1.82, 2.24) is 10.2 Å². The molecule has 3 atom stereocenters. The van der Waals surface area contributed by atoms with Crippen molar-refractivity contribution in [1.29, 1.82) is 0 Å². The van der Waals surface area contributed by atoms with Crippen LogP contribution >= 0.6 is 11.8 Å². The van der Waals surface area contributed by atoms with Gasteiger partial charge >= 0.3 is 5.97 Å². The molecule has 2 aromatic rings. The molecule has 0 radical (unpaired) electrons. The normalized spacial score (nSPS) is 24.9. The molecule has 2 aliphatic heterocycles. The molecule has 26 heavy (non-hydrogen) atoms. The van der Waals surface area contributed by atoms with Crippen LogP contribution in [0.1, 0.15) is 5.76 Å². The third-order valence-corrected chi connectivity index (χ3v) is 5.92. The lowest BCUT2D eigenvalue weighted by atomic mass is 9.98. The van der Waals surface area contributed by atoms with Crippen molar-refractivity contribution in [3.8, 4) is 0 Å². The number of nitrogens with one attached hydrogen (secondary N) is 1. The van der Waals surface area contributed by atoms with Gasteiger partial charge in [-0.1, -0.05) is 24.8 Å². The van der Waals surface area contributed by atoms with Gasteiger partial charge in [-0.3, -0.25) is 9.59 Å². The van der Waals surface area contributed by atoms with E-state index in [-0.39, 0.29) is 17.7 Å². The monoisotopic (exact) mass is 372 g/mol. The van der Waals surface area contributed by atoms with Crippen LogP contribution in [-0.4, -0.2) is 51.0 Å². The summed E-state index contributed by atoms with van der Waals surface area (Å²) in [6.45, 7) is 3.74. The van der Waals surface area contributed by atoms with Crippen LogP contribution in [-0.2, 0) is 20.8 Å². The fourth-order valence-corrected chi connectivity index (χ4v) is 4.64. The van der Waals surface area contributed by atoms with Crippen molar-refractivity contribution in [3.63, 3.8) is 0 Å². The maximum Gasteiger partial charge on any atom is 0.330 e. The van der Waals surface area contributed by atoms with Gasteiger partial charge in [-0.25, -0.2) is 4.79 Å². The molecule has 2 aliphatic rings. The van der Waals surface area contributed by atoms with Crippen molar-refractivity contribution in [2.24, 2.45) is 0 Å². The number of carboxylic acid groups (broad SMARTS) is 1. The van der Waals surface area contributed by atoms with Gasteiger partial charge in [0.1, 0.15) is 22.8 Å². The van der Waals surface area contributed by atoms with Gasteiger partial charge in [-0.2, -0.15) is 0 Å². The minimum Gasteiger partial charge on any atom is -0.479 e. The number of amides is 2. The van der Waals surface area contributed by atoms with Gasteiger partial charge in [0.05, 0.1) is 6.42 Å². The summed E-state index contributed by atoms with van der Waals surface area (Å²) in [4.78, 5) is 37.3. The Morgan fingerprint density at radius 1 is 1.38 bits per heavy atom. The Balaban J connectivity index is 1.43. The Hall–Kier alpha value is -2.74. The van der Waals surface area contributed by atoms with Crippen molar-refractivity contribution in [2.75, 3.05) is 5.75 Å².